The van der Waals surface area contributed by atoms with Crippen LogP contribution in [0.1, 0.15) is 40.0 Å². The van der Waals surface area contributed by atoms with E-state index >= 15 is 0 Å². The van der Waals surface area contributed by atoms with Crippen molar-refractivity contribution in [3.8, 4) is 0 Å². The summed E-state index contributed by atoms with van der Waals surface area (Å²) in [5.41, 5.74) is 0. The second kappa shape index (κ2) is 10.2. The van der Waals surface area contributed by atoms with E-state index in [-0.39, 0.29) is 0 Å². The molecule has 0 aliphatic carbocycles. The fourth-order valence-electron chi connectivity index (χ4n) is 1.62. The van der Waals surface area contributed by atoms with Gasteiger partial charge in [-0.05, 0) is 26.8 Å². The summed E-state index contributed by atoms with van der Waals surface area (Å²) in [6, 6.07) is 0.660. The van der Waals surface area contributed by atoms with Crippen LogP contribution >= 0.6 is 0 Å². The van der Waals surface area contributed by atoms with Gasteiger partial charge in [0.1, 0.15) is 0 Å². The van der Waals surface area contributed by atoms with Gasteiger partial charge in [-0.15, -0.1) is 6.58 Å². The first-order chi connectivity index (χ1) is 7.22. The van der Waals surface area contributed by atoms with Gasteiger partial charge >= 0.3 is 0 Å². The zero-order valence-electron chi connectivity index (χ0n) is 10.8. The van der Waals surface area contributed by atoms with Crippen molar-refractivity contribution in [1.29, 1.82) is 0 Å². The summed E-state index contributed by atoms with van der Waals surface area (Å²) in [6.45, 7) is 14.9. The minimum Gasteiger partial charge on any atom is -0.312 e. The molecule has 0 aliphatic rings. The zero-order chi connectivity index (χ0) is 11.5. The molecule has 0 heterocycles. The highest BCUT2D eigenvalue weighted by Gasteiger charge is 2.07. The Morgan fingerprint density at radius 2 is 2.00 bits per heavy atom. The monoisotopic (exact) mass is 212 g/mol. The Balaban J connectivity index is 3.58. The summed E-state index contributed by atoms with van der Waals surface area (Å²) >= 11 is 0. The predicted molar refractivity (Wildman–Crippen MR) is 69.3 cm³/mol. The summed E-state index contributed by atoms with van der Waals surface area (Å²) in [4.78, 5) is 2.55. The van der Waals surface area contributed by atoms with Gasteiger partial charge in [0.05, 0.1) is 0 Å². The van der Waals surface area contributed by atoms with Crippen LogP contribution in [0, 0.1) is 0 Å². The molecule has 0 amide bonds. The molecule has 1 N–H and O–H groups in total. The van der Waals surface area contributed by atoms with E-state index in [1.54, 1.807) is 0 Å². The second-order valence-corrected chi connectivity index (χ2v) is 4.33. The first-order valence-electron chi connectivity index (χ1n) is 6.28. The molecule has 15 heavy (non-hydrogen) atoms. The van der Waals surface area contributed by atoms with Crippen LogP contribution in [-0.4, -0.2) is 37.1 Å². The third kappa shape index (κ3) is 8.64. The van der Waals surface area contributed by atoms with Gasteiger partial charge in [0.2, 0.25) is 0 Å². The molecule has 2 nitrogen and oxygen atoms in total. The van der Waals surface area contributed by atoms with E-state index < -0.39 is 0 Å². The first-order valence-corrected chi connectivity index (χ1v) is 6.28. The van der Waals surface area contributed by atoms with E-state index in [0.717, 1.165) is 19.6 Å². The van der Waals surface area contributed by atoms with Crippen molar-refractivity contribution in [3.05, 3.63) is 12.7 Å². The van der Waals surface area contributed by atoms with Gasteiger partial charge in [0.25, 0.3) is 0 Å². The van der Waals surface area contributed by atoms with E-state index in [9.17, 15) is 0 Å². The van der Waals surface area contributed by atoms with Gasteiger partial charge in [-0.3, -0.25) is 4.90 Å². The number of rotatable bonds is 10. The second-order valence-electron chi connectivity index (χ2n) is 4.33. The van der Waals surface area contributed by atoms with Crippen LogP contribution in [0.15, 0.2) is 12.7 Å². The summed E-state index contributed by atoms with van der Waals surface area (Å²) < 4.78 is 0. The van der Waals surface area contributed by atoms with Crippen molar-refractivity contribution in [2.45, 2.75) is 46.1 Å². The van der Waals surface area contributed by atoms with Crippen molar-refractivity contribution in [3.63, 3.8) is 0 Å². The number of hydrogen-bond donors (Lipinski definition) is 1. The Kier molecular flexibility index (Phi) is 9.96. The molecule has 0 spiro atoms. The minimum atomic E-state index is 0.660. The van der Waals surface area contributed by atoms with Crippen LogP contribution in [-0.2, 0) is 0 Å². The van der Waals surface area contributed by atoms with Crippen molar-refractivity contribution in [2.24, 2.45) is 0 Å². The maximum atomic E-state index is 3.70. The van der Waals surface area contributed by atoms with Crippen LogP contribution in [0.4, 0.5) is 0 Å². The molecule has 0 aliphatic heterocycles. The molecule has 0 saturated carbocycles. The molecular weight excluding hydrogens is 184 g/mol. The van der Waals surface area contributed by atoms with Gasteiger partial charge in [-0.2, -0.15) is 0 Å². The third-order valence-electron chi connectivity index (χ3n) is 2.64. The van der Waals surface area contributed by atoms with E-state index in [2.05, 4.69) is 37.6 Å². The largest absolute Gasteiger partial charge is 0.312 e. The lowest BCUT2D eigenvalue weighted by molar-refractivity contribution is 0.218. The average Bonchev–Trinajstić information content (AvgIpc) is 2.21. The van der Waals surface area contributed by atoms with Crippen molar-refractivity contribution < 1.29 is 0 Å². The minimum absolute atomic E-state index is 0.660. The highest BCUT2D eigenvalue weighted by atomic mass is 15.2. The SMILES string of the molecule is C=CCNCCN(CCCCC)C(C)C. The van der Waals surface area contributed by atoms with Gasteiger partial charge in [-0.1, -0.05) is 25.8 Å². The van der Waals surface area contributed by atoms with Crippen LogP contribution in [0.2, 0.25) is 0 Å². The van der Waals surface area contributed by atoms with Crippen LogP contribution in [0.3, 0.4) is 0 Å². The predicted octanol–water partition coefficient (Wildman–Crippen LogP) is 2.66. The molecule has 0 atom stereocenters. The van der Waals surface area contributed by atoms with Gasteiger partial charge < -0.3 is 5.32 Å². The Hall–Kier alpha value is -0.340. The first kappa shape index (κ1) is 14.7. The highest BCUT2D eigenvalue weighted by molar-refractivity contribution is 4.71. The van der Waals surface area contributed by atoms with Gasteiger partial charge in [-0.25, -0.2) is 0 Å². The van der Waals surface area contributed by atoms with Crippen LogP contribution in [0.25, 0.3) is 0 Å². The number of hydrogen-bond acceptors (Lipinski definition) is 2. The Morgan fingerprint density at radius 3 is 2.53 bits per heavy atom. The van der Waals surface area contributed by atoms with Crippen molar-refractivity contribution >= 4 is 0 Å². The summed E-state index contributed by atoms with van der Waals surface area (Å²) in [6.07, 6.45) is 5.90. The quantitative estimate of drug-likeness (QED) is 0.442. The molecule has 0 fully saturated rings. The molecule has 90 valence electrons. The van der Waals surface area contributed by atoms with E-state index in [1.165, 1.54) is 25.8 Å². The molecule has 0 aromatic carbocycles. The van der Waals surface area contributed by atoms with E-state index in [1.807, 2.05) is 6.08 Å². The van der Waals surface area contributed by atoms with E-state index in [0.29, 0.717) is 6.04 Å². The normalized spacial score (nSPS) is 11.3. The summed E-state index contributed by atoms with van der Waals surface area (Å²) in [5, 5.41) is 3.35. The molecule has 0 saturated heterocycles. The van der Waals surface area contributed by atoms with Crippen molar-refractivity contribution in [2.75, 3.05) is 26.2 Å². The molecule has 2 heteroatoms. The lowest BCUT2D eigenvalue weighted by Crippen LogP contribution is -2.37. The van der Waals surface area contributed by atoms with Crippen molar-refractivity contribution in [1.82, 2.24) is 10.2 Å². The lowest BCUT2D eigenvalue weighted by atomic mass is 10.2. The molecule has 0 unspecified atom stereocenters. The summed E-state index contributed by atoms with van der Waals surface area (Å²) in [7, 11) is 0. The Bertz CT molecular complexity index is 143. The number of unbranched alkanes of at least 4 members (excludes halogenated alkanes) is 2. The molecular formula is C13H28N2. The maximum Gasteiger partial charge on any atom is 0.0132 e. The molecule has 0 bridgehead atoms. The fourth-order valence-corrected chi connectivity index (χ4v) is 1.62. The van der Waals surface area contributed by atoms with E-state index in [4.69, 9.17) is 0 Å². The van der Waals surface area contributed by atoms with Crippen LogP contribution < -0.4 is 5.32 Å². The average molecular weight is 212 g/mol. The zero-order valence-corrected chi connectivity index (χ0v) is 10.8. The third-order valence-corrected chi connectivity index (χ3v) is 2.64. The van der Waals surface area contributed by atoms with Gasteiger partial charge in [0.15, 0.2) is 0 Å². The lowest BCUT2D eigenvalue weighted by Gasteiger charge is -2.26. The number of nitrogens with zero attached hydrogens (tertiary/aromatic N) is 1. The summed E-state index contributed by atoms with van der Waals surface area (Å²) in [5.74, 6) is 0. The fraction of sp³-hybridized carbons (Fsp3) is 0.846. The van der Waals surface area contributed by atoms with Crippen LogP contribution in [0.5, 0.6) is 0 Å². The molecule has 0 rings (SSSR count). The smallest absolute Gasteiger partial charge is 0.0132 e. The number of nitrogens with one attached hydrogen (secondary N) is 1. The van der Waals surface area contributed by atoms with Gasteiger partial charge in [0, 0.05) is 25.7 Å². The highest BCUT2D eigenvalue weighted by Crippen LogP contribution is 2.02. The Labute approximate surface area is 95.7 Å². The maximum absolute atomic E-state index is 3.70. The standard InChI is InChI=1S/C13H28N2/c1-5-7-8-11-15(13(3)4)12-10-14-9-6-2/h6,13-14H,2,5,7-12H2,1,3-4H3. The molecule has 0 aromatic heterocycles. The Morgan fingerprint density at radius 1 is 1.27 bits per heavy atom. The molecule has 0 radical (unpaired) electrons. The topological polar surface area (TPSA) is 15.3 Å². The molecule has 0 aromatic rings.